The first-order chi connectivity index (χ1) is 13.2. The van der Waals surface area contributed by atoms with Crippen molar-refractivity contribution in [2.45, 2.75) is 26.2 Å². The van der Waals surface area contributed by atoms with Gasteiger partial charge in [0.15, 0.2) is 5.76 Å². The van der Waals surface area contributed by atoms with Gasteiger partial charge in [-0.1, -0.05) is 47.6 Å². The molecule has 27 heavy (non-hydrogen) atoms. The first-order valence-corrected chi connectivity index (χ1v) is 9.12. The molecule has 0 bridgehead atoms. The van der Waals surface area contributed by atoms with Gasteiger partial charge in [0, 0.05) is 6.54 Å². The Balaban J connectivity index is 1.61. The minimum atomic E-state index is -0.172. The first kappa shape index (κ1) is 18.7. The van der Waals surface area contributed by atoms with Crippen molar-refractivity contribution in [3.8, 4) is 17.1 Å². The third kappa shape index (κ3) is 4.56. The van der Waals surface area contributed by atoms with Gasteiger partial charge in [-0.2, -0.15) is 0 Å². The summed E-state index contributed by atoms with van der Waals surface area (Å²) < 4.78 is 10.8. The van der Waals surface area contributed by atoms with Gasteiger partial charge in [0.2, 0.25) is 0 Å². The van der Waals surface area contributed by atoms with Crippen LogP contribution in [0.15, 0.2) is 59.1 Å². The zero-order valence-corrected chi connectivity index (χ0v) is 15.7. The number of nitrogens with one attached hydrogen (secondary N) is 1. The Morgan fingerprint density at radius 1 is 1.07 bits per heavy atom. The summed E-state index contributed by atoms with van der Waals surface area (Å²) >= 11 is 0. The fourth-order valence-corrected chi connectivity index (χ4v) is 3.04. The van der Waals surface area contributed by atoms with Crippen molar-refractivity contribution < 1.29 is 14.1 Å². The Labute approximate surface area is 159 Å². The Hall–Kier alpha value is -3.08. The third-order valence-corrected chi connectivity index (χ3v) is 4.46. The van der Waals surface area contributed by atoms with Gasteiger partial charge in [-0.15, -0.1) is 0 Å². The van der Waals surface area contributed by atoms with Crippen LogP contribution in [0.2, 0.25) is 0 Å². The smallest absolute Gasteiger partial charge is 0.257 e. The van der Waals surface area contributed by atoms with Crippen molar-refractivity contribution in [2.75, 3.05) is 13.7 Å². The van der Waals surface area contributed by atoms with Gasteiger partial charge in [-0.25, -0.2) is 0 Å². The number of hydrogen-bond acceptors (Lipinski definition) is 4. The number of benzene rings is 2. The van der Waals surface area contributed by atoms with Gasteiger partial charge in [0.05, 0.1) is 18.4 Å². The summed E-state index contributed by atoms with van der Waals surface area (Å²) in [6.07, 6.45) is 2.94. The predicted molar refractivity (Wildman–Crippen MR) is 105 cm³/mol. The lowest BCUT2D eigenvalue weighted by atomic mass is 10.0. The number of carbonyl (C=O) groups excluding carboxylic acids is 1. The molecular formula is C22H24N2O3. The second-order valence-corrected chi connectivity index (χ2v) is 6.37. The molecule has 0 atom stereocenters. The van der Waals surface area contributed by atoms with Crippen LogP contribution in [-0.4, -0.2) is 24.7 Å². The number of amides is 1. The van der Waals surface area contributed by atoms with Crippen LogP contribution in [0, 0.1) is 6.92 Å². The summed E-state index contributed by atoms with van der Waals surface area (Å²) in [6, 6.07) is 17.8. The summed E-state index contributed by atoms with van der Waals surface area (Å²) in [4.78, 5) is 12.7. The summed E-state index contributed by atoms with van der Waals surface area (Å²) in [5.74, 6) is 0.909. The second-order valence-electron chi connectivity index (χ2n) is 6.37. The van der Waals surface area contributed by atoms with E-state index in [0.29, 0.717) is 29.3 Å². The van der Waals surface area contributed by atoms with E-state index in [9.17, 15) is 4.79 Å². The lowest BCUT2D eigenvalue weighted by Gasteiger charge is -2.08. The largest absolute Gasteiger partial charge is 0.496 e. The molecule has 3 rings (SSSR count). The molecule has 140 valence electrons. The van der Waals surface area contributed by atoms with E-state index in [1.807, 2.05) is 42.5 Å². The molecule has 3 aromatic rings. The minimum absolute atomic E-state index is 0.172. The molecule has 1 heterocycles. The molecule has 0 unspecified atom stereocenters. The molecule has 5 nitrogen and oxygen atoms in total. The van der Waals surface area contributed by atoms with Crippen molar-refractivity contribution in [2.24, 2.45) is 0 Å². The number of unbranched alkanes of at least 4 members (excludes halogenated alkanes) is 1. The number of aryl methyl sites for hydroxylation is 2. The molecule has 0 aliphatic carbocycles. The molecule has 0 aliphatic heterocycles. The maximum atomic E-state index is 12.7. The topological polar surface area (TPSA) is 64.4 Å². The average molecular weight is 364 g/mol. The monoisotopic (exact) mass is 364 g/mol. The van der Waals surface area contributed by atoms with E-state index >= 15 is 0 Å². The lowest BCUT2D eigenvalue weighted by molar-refractivity contribution is 0.0952. The normalized spacial score (nSPS) is 10.6. The van der Waals surface area contributed by atoms with Gasteiger partial charge in [-0.3, -0.25) is 4.79 Å². The van der Waals surface area contributed by atoms with E-state index in [-0.39, 0.29) is 5.91 Å². The molecule has 0 saturated carbocycles. The predicted octanol–water partition coefficient (Wildman–Crippen LogP) is 4.41. The van der Waals surface area contributed by atoms with E-state index in [4.69, 9.17) is 9.26 Å². The Morgan fingerprint density at radius 3 is 2.59 bits per heavy atom. The van der Waals surface area contributed by atoms with E-state index in [1.54, 1.807) is 14.0 Å². The Bertz CT molecular complexity index is 888. The minimum Gasteiger partial charge on any atom is -0.496 e. The molecule has 5 heteroatoms. The molecule has 0 fully saturated rings. The van der Waals surface area contributed by atoms with Crippen molar-refractivity contribution in [1.29, 1.82) is 0 Å². The van der Waals surface area contributed by atoms with Crippen LogP contribution in [0.5, 0.6) is 5.75 Å². The number of rotatable bonds is 8. The van der Waals surface area contributed by atoms with Crippen LogP contribution in [0.1, 0.15) is 34.5 Å². The molecule has 1 N–H and O–H groups in total. The van der Waals surface area contributed by atoms with Crippen LogP contribution in [0.25, 0.3) is 11.3 Å². The molecule has 1 amide bonds. The SMILES string of the molecule is COc1ccccc1-c1onc(C)c1C(=O)NCCCCc1ccccc1. The number of carbonyl (C=O) groups is 1. The highest BCUT2D eigenvalue weighted by atomic mass is 16.5. The van der Waals surface area contributed by atoms with E-state index in [2.05, 4.69) is 22.6 Å². The average Bonchev–Trinajstić information content (AvgIpc) is 3.09. The van der Waals surface area contributed by atoms with Crippen LogP contribution in [-0.2, 0) is 6.42 Å². The summed E-state index contributed by atoms with van der Waals surface area (Å²) in [5, 5.41) is 6.96. The van der Waals surface area contributed by atoms with Crippen molar-refractivity contribution in [3.63, 3.8) is 0 Å². The number of nitrogens with zero attached hydrogens (tertiary/aromatic N) is 1. The number of methoxy groups -OCH3 is 1. The number of para-hydroxylation sites is 1. The summed E-state index contributed by atoms with van der Waals surface area (Å²) in [7, 11) is 1.59. The van der Waals surface area contributed by atoms with Gasteiger partial charge >= 0.3 is 0 Å². The molecular weight excluding hydrogens is 340 g/mol. The molecule has 1 aromatic heterocycles. The quantitative estimate of drug-likeness (QED) is 0.601. The van der Waals surface area contributed by atoms with Crippen molar-refractivity contribution >= 4 is 5.91 Å². The van der Waals surface area contributed by atoms with Gasteiger partial charge < -0.3 is 14.6 Å². The highest BCUT2D eigenvalue weighted by molar-refractivity contribution is 6.01. The first-order valence-electron chi connectivity index (χ1n) is 9.12. The summed E-state index contributed by atoms with van der Waals surface area (Å²) in [6.45, 7) is 2.38. The van der Waals surface area contributed by atoms with Gasteiger partial charge in [0.1, 0.15) is 11.3 Å². The highest BCUT2D eigenvalue weighted by Crippen LogP contribution is 2.33. The fourth-order valence-electron chi connectivity index (χ4n) is 3.04. The number of hydrogen-bond donors (Lipinski definition) is 1. The van der Waals surface area contributed by atoms with Crippen LogP contribution in [0.4, 0.5) is 0 Å². The number of ether oxygens (including phenoxy) is 1. The van der Waals surface area contributed by atoms with E-state index in [1.165, 1.54) is 5.56 Å². The number of aromatic nitrogens is 1. The standard InChI is InChI=1S/C22H24N2O3/c1-16-20(21(27-24-16)18-13-6-7-14-19(18)26-2)22(25)23-15-9-8-12-17-10-4-3-5-11-17/h3-7,10-11,13-14H,8-9,12,15H2,1-2H3,(H,23,25). The fraction of sp³-hybridized carbons (Fsp3) is 0.273. The molecule has 0 radical (unpaired) electrons. The van der Waals surface area contributed by atoms with Gasteiger partial charge in [-0.05, 0) is 43.9 Å². The molecule has 2 aromatic carbocycles. The zero-order valence-electron chi connectivity index (χ0n) is 15.7. The Morgan fingerprint density at radius 2 is 1.81 bits per heavy atom. The van der Waals surface area contributed by atoms with Crippen LogP contribution < -0.4 is 10.1 Å². The maximum absolute atomic E-state index is 12.7. The highest BCUT2D eigenvalue weighted by Gasteiger charge is 2.23. The van der Waals surface area contributed by atoms with E-state index < -0.39 is 0 Å². The second kappa shape index (κ2) is 9.03. The zero-order chi connectivity index (χ0) is 19.1. The molecule has 0 spiro atoms. The lowest BCUT2D eigenvalue weighted by Crippen LogP contribution is -2.25. The Kier molecular flexibility index (Phi) is 6.26. The van der Waals surface area contributed by atoms with Crippen molar-refractivity contribution in [1.82, 2.24) is 10.5 Å². The summed E-state index contributed by atoms with van der Waals surface area (Å²) in [5.41, 5.74) is 3.06. The maximum Gasteiger partial charge on any atom is 0.257 e. The third-order valence-electron chi connectivity index (χ3n) is 4.46. The molecule has 0 saturated heterocycles. The van der Waals surface area contributed by atoms with Gasteiger partial charge in [0.25, 0.3) is 5.91 Å². The molecule has 0 aliphatic rings. The van der Waals surface area contributed by atoms with Crippen LogP contribution in [0.3, 0.4) is 0 Å². The van der Waals surface area contributed by atoms with Crippen molar-refractivity contribution in [3.05, 3.63) is 71.4 Å². The van der Waals surface area contributed by atoms with Crippen LogP contribution >= 0.6 is 0 Å². The van der Waals surface area contributed by atoms with E-state index in [0.717, 1.165) is 24.8 Å².